The van der Waals surface area contributed by atoms with Gasteiger partial charge in [-0.25, -0.2) is 0 Å². The van der Waals surface area contributed by atoms with E-state index in [9.17, 15) is 0 Å². The standard InChI is InChI=1S/C12H23N/c1-5-13-11-6-8(2)9-7-10(11)12(9,3)4/h8-11,13H,5-7H2,1-4H3/t8-,9+,10-,11+/m1/s1. The highest BCUT2D eigenvalue weighted by molar-refractivity contribution is 5.07. The van der Waals surface area contributed by atoms with Crippen molar-refractivity contribution >= 4 is 0 Å². The Morgan fingerprint density at radius 1 is 1.23 bits per heavy atom. The summed E-state index contributed by atoms with van der Waals surface area (Å²) in [6.45, 7) is 10.7. The van der Waals surface area contributed by atoms with E-state index in [4.69, 9.17) is 0 Å². The molecule has 0 amide bonds. The van der Waals surface area contributed by atoms with Crippen LogP contribution in [0.2, 0.25) is 0 Å². The lowest BCUT2D eigenvalue weighted by atomic mass is 9.44. The summed E-state index contributed by atoms with van der Waals surface area (Å²) in [7, 11) is 0. The summed E-state index contributed by atoms with van der Waals surface area (Å²) in [6, 6.07) is 0.806. The molecule has 0 heterocycles. The van der Waals surface area contributed by atoms with Crippen LogP contribution in [-0.4, -0.2) is 12.6 Å². The average Bonchev–Trinajstić information content (AvgIpc) is 2.03. The maximum Gasteiger partial charge on any atom is 0.0103 e. The van der Waals surface area contributed by atoms with Crippen molar-refractivity contribution in [3.05, 3.63) is 0 Å². The zero-order valence-corrected chi connectivity index (χ0v) is 9.43. The van der Waals surface area contributed by atoms with E-state index >= 15 is 0 Å². The minimum atomic E-state index is 0.616. The third-order valence-electron chi connectivity index (χ3n) is 4.68. The van der Waals surface area contributed by atoms with Gasteiger partial charge in [0.2, 0.25) is 0 Å². The Bertz CT molecular complexity index is 197. The zero-order chi connectivity index (χ0) is 9.64. The van der Waals surface area contributed by atoms with Gasteiger partial charge >= 0.3 is 0 Å². The number of rotatable bonds is 2. The second kappa shape index (κ2) is 2.98. The lowest BCUT2D eigenvalue weighted by molar-refractivity contribution is -0.119. The molecule has 0 aromatic carbocycles. The third kappa shape index (κ3) is 1.24. The Morgan fingerprint density at radius 3 is 2.38 bits per heavy atom. The van der Waals surface area contributed by atoms with E-state index < -0.39 is 0 Å². The van der Waals surface area contributed by atoms with Gasteiger partial charge in [0.15, 0.2) is 0 Å². The molecule has 0 aliphatic heterocycles. The fourth-order valence-electron chi connectivity index (χ4n) is 3.86. The first kappa shape index (κ1) is 9.51. The molecule has 0 unspecified atom stereocenters. The van der Waals surface area contributed by atoms with Crippen molar-refractivity contribution in [2.75, 3.05) is 6.54 Å². The smallest absolute Gasteiger partial charge is 0.0103 e. The zero-order valence-electron chi connectivity index (χ0n) is 9.43. The largest absolute Gasteiger partial charge is 0.314 e. The van der Waals surface area contributed by atoms with Crippen LogP contribution in [0.3, 0.4) is 0 Å². The van der Waals surface area contributed by atoms with Crippen molar-refractivity contribution < 1.29 is 0 Å². The van der Waals surface area contributed by atoms with Gasteiger partial charge in [-0.1, -0.05) is 27.7 Å². The Balaban J connectivity index is 2.08. The Hall–Kier alpha value is -0.0400. The number of nitrogens with one attached hydrogen (secondary N) is 1. The molecule has 1 N–H and O–H groups in total. The lowest BCUT2D eigenvalue weighted by Crippen LogP contribution is -2.61. The van der Waals surface area contributed by atoms with Gasteiger partial charge in [-0.2, -0.15) is 0 Å². The molecule has 0 radical (unpaired) electrons. The summed E-state index contributed by atoms with van der Waals surface area (Å²) < 4.78 is 0. The van der Waals surface area contributed by atoms with Crippen molar-refractivity contribution in [1.82, 2.24) is 5.32 Å². The fourth-order valence-corrected chi connectivity index (χ4v) is 3.86. The van der Waals surface area contributed by atoms with Crippen LogP contribution in [0.15, 0.2) is 0 Å². The topological polar surface area (TPSA) is 12.0 Å². The first-order valence-corrected chi connectivity index (χ1v) is 5.80. The number of hydrogen-bond acceptors (Lipinski definition) is 1. The summed E-state index contributed by atoms with van der Waals surface area (Å²) >= 11 is 0. The van der Waals surface area contributed by atoms with Crippen molar-refractivity contribution in [2.45, 2.75) is 46.6 Å². The molecule has 3 fully saturated rings. The van der Waals surface area contributed by atoms with Gasteiger partial charge in [-0.05, 0) is 42.6 Å². The second-order valence-corrected chi connectivity index (χ2v) is 5.65. The first-order valence-electron chi connectivity index (χ1n) is 5.80. The maximum absolute atomic E-state index is 3.66. The predicted octanol–water partition coefficient (Wildman–Crippen LogP) is 2.67. The highest BCUT2D eigenvalue weighted by Gasteiger charge is 2.56. The van der Waals surface area contributed by atoms with E-state index in [-0.39, 0.29) is 0 Å². The van der Waals surface area contributed by atoms with E-state index in [1.54, 1.807) is 0 Å². The molecular formula is C12H23N. The normalized spacial score (nSPS) is 47.1. The van der Waals surface area contributed by atoms with E-state index in [2.05, 4.69) is 33.0 Å². The molecule has 3 rings (SSSR count). The van der Waals surface area contributed by atoms with Gasteiger partial charge in [-0.15, -0.1) is 0 Å². The minimum absolute atomic E-state index is 0.616. The van der Waals surface area contributed by atoms with Gasteiger partial charge in [-0.3, -0.25) is 0 Å². The second-order valence-electron chi connectivity index (χ2n) is 5.65. The molecule has 3 aliphatic carbocycles. The minimum Gasteiger partial charge on any atom is -0.314 e. The molecule has 13 heavy (non-hydrogen) atoms. The van der Waals surface area contributed by atoms with E-state index in [0.717, 1.165) is 30.3 Å². The molecular weight excluding hydrogens is 158 g/mol. The molecule has 0 aromatic rings. The molecule has 0 spiro atoms. The van der Waals surface area contributed by atoms with Gasteiger partial charge in [0.25, 0.3) is 0 Å². The van der Waals surface area contributed by atoms with E-state index in [0.29, 0.717) is 5.41 Å². The SMILES string of the molecule is CCN[C@H]1C[C@@H](C)[C@@H]2C[C@H]1C2(C)C. The third-order valence-corrected chi connectivity index (χ3v) is 4.68. The molecule has 1 nitrogen and oxygen atoms in total. The van der Waals surface area contributed by atoms with Crippen molar-refractivity contribution in [3.8, 4) is 0 Å². The van der Waals surface area contributed by atoms with Crippen LogP contribution in [0, 0.1) is 23.2 Å². The lowest BCUT2D eigenvalue weighted by Gasteiger charge is -2.63. The molecule has 3 saturated carbocycles. The van der Waals surface area contributed by atoms with Crippen LogP contribution in [-0.2, 0) is 0 Å². The van der Waals surface area contributed by atoms with Gasteiger partial charge in [0.1, 0.15) is 0 Å². The van der Waals surface area contributed by atoms with Crippen molar-refractivity contribution in [1.29, 1.82) is 0 Å². The first-order chi connectivity index (χ1) is 6.07. The summed E-state index contributed by atoms with van der Waals surface area (Å²) in [5, 5.41) is 3.66. The molecule has 1 heteroatoms. The van der Waals surface area contributed by atoms with Crippen LogP contribution >= 0.6 is 0 Å². The van der Waals surface area contributed by atoms with Crippen LogP contribution in [0.25, 0.3) is 0 Å². The molecule has 3 aliphatic rings. The summed E-state index contributed by atoms with van der Waals surface area (Å²) in [5.41, 5.74) is 0.616. The fraction of sp³-hybridized carbons (Fsp3) is 1.00. The monoisotopic (exact) mass is 181 g/mol. The Labute approximate surface area is 82.3 Å². The van der Waals surface area contributed by atoms with Crippen molar-refractivity contribution in [3.63, 3.8) is 0 Å². The summed E-state index contributed by atoms with van der Waals surface area (Å²) in [5.74, 6) is 2.89. The Morgan fingerprint density at radius 2 is 1.92 bits per heavy atom. The Kier molecular flexibility index (Phi) is 2.18. The van der Waals surface area contributed by atoms with Crippen LogP contribution in [0.1, 0.15) is 40.5 Å². The van der Waals surface area contributed by atoms with Gasteiger partial charge in [0, 0.05) is 6.04 Å². The van der Waals surface area contributed by atoms with Gasteiger partial charge in [0.05, 0.1) is 0 Å². The molecule has 0 saturated heterocycles. The van der Waals surface area contributed by atoms with Crippen LogP contribution in [0.5, 0.6) is 0 Å². The van der Waals surface area contributed by atoms with E-state index in [1.165, 1.54) is 12.8 Å². The molecule has 4 atom stereocenters. The maximum atomic E-state index is 3.66. The van der Waals surface area contributed by atoms with Crippen LogP contribution in [0.4, 0.5) is 0 Å². The number of hydrogen-bond donors (Lipinski definition) is 1. The highest BCUT2D eigenvalue weighted by atomic mass is 14.9. The van der Waals surface area contributed by atoms with E-state index in [1.807, 2.05) is 0 Å². The molecule has 2 bridgehead atoms. The highest BCUT2D eigenvalue weighted by Crippen LogP contribution is 2.61. The quantitative estimate of drug-likeness (QED) is 0.690. The van der Waals surface area contributed by atoms with Crippen LogP contribution < -0.4 is 5.32 Å². The molecule has 0 aromatic heterocycles. The predicted molar refractivity (Wildman–Crippen MR) is 56.6 cm³/mol. The summed E-state index contributed by atoms with van der Waals surface area (Å²) in [6.07, 6.45) is 2.89. The average molecular weight is 181 g/mol. The van der Waals surface area contributed by atoms with Gasteiger partial charge < -0.3 is 5.32 Å². The molecule has 76 valence electrons. The number of fused-ring (bicyclic) bond motifs is 2. The summed E-state index contributed by atoms with van der Waals surface area (Å²) in [4.78, 5) is 0. The van der Waals surface area contributed by atoms with Crippen molar-refractivity contribution in [2.24, 2.45) is 23.2 Å².